The zero-order chi connectivity index (χ0) is 8.10. The number of rotatable bonds is 3. The standard InChI is InChI=1S/C9H10NO/c1-2-4-9-8(7-11)5-3-6-10-9/h2-3,6,10H,1,4-5H2. The molecule has 0 atom stereocenters. The largest absolute Gasteiger partial charge is 0.365 e. The molecule has 0 fully saturated rings. The zero-order valence-electron chi connectivity index (χ0n) is 6.26. The summed E-state index contributed by atoms with van der Waals surface area (Å²) >= 11 is 0. The van der Waals surface area contributed by atoms with Crippen molar-refractivity contribution in [2.75, 3.05) is 0 Å². The Morgan fingerprint density at radius 2 is 2.64 bits per heavy atom. The van der Waals surface area contributed by atoms with Gasteiger partial charge in [0, 0.05) is 17.7 Å². The maximum absolute atomic E-state index is 10.4. The van der Waals surface area contributed by atoms with Crippen molar-refractivity contribution in [2.24, 2.45) is 0 Å². The van der Waals surface area contributed by atoms with E-state index in [0.29, 0.717) is 18.4 Å². The molecular formula is C9H10NO. The fourth-order valence-corrected chi connectivity index (χ4v) is 0.976. The Balaban J connectivity index is 2.74. The Labute approximate surface area is 66.3 Å². The quantitative estimate of drug-likeness (QED) is 0.613. The lowest BCUT2D eigenvalue weighted by molar-refractivity contribution is 0.560. The minimum absolute atomic E-state index is 0.680. The highest BCUT2D eigenvalue weighted by molar-refractivity contribution is 5.76. The van der Waals surface area contributed by atoms with Crippen LogP contribution in [0.1, 0.15) is 12.8 Å². The van der Waals surface area contributed by atoms with Crippen LogP contribution in [-0.2, 0) is 4.79 Å². The summed E-state index contributed by atoms with van der Waals surface area (Å²) in [6.45, 7) is 3.60. The van der Waals surface area contributed by atoms with Crippen LogP contribution in [0, 0.1) is 0 Å². The second-order valence-corrected chi connectivity index (χ2v) is 2.30. The summed E-state index contributed by atoms with van der Waals surface area (Å²) in [5.74, 6) is 0. The van der Waals surface area contributed by atoms with Crippen LogP contribution in [0.15, 0.2) is 36.2 Å². The van der Waals surface area contributed by atoms with Gasteiger partial charge in [-0.2, -0.15) is 0 Å². The van der Waals surface area contributed by atoms with Gasteiger partial charge in [-0.25, -0.2) is 0 Å². The van der Waals surface area contributed by atoms with Crippen LogP contribution < -0.4 is 5.32 Å². The van der Waals surface area contributed by atoms with Crippen LogP contribution >= 0.6 is 0 Å². The Hall–Kier alpha value is -1.31. The van der Waals surface area contributed by atoms with Gasteiger partial charge in [0.05, 0.1) is 0 Å². The van der Waals surface area contributed by atoms with E-state index in [2.05, 4.69) is 11.9 Å². The number of carbonyl (C=O) groups excluding carboxylic acids is 1. The van der Waals surface area contributed by atoms with Gasteiger partial charge in [0.1, 0.15) is 0 Å². The first-order chi connectivity index (χ1) is 5.38. The third-order valence-corrected chi connectivity index (χ3v) is 1.53. The summed E-state index contributed by atoms with van der Waals surface area (Å²) in [6.07, 6.45) is 8.78. The van der Waals surface area contributed by atoms with Gasteiger partial charge in [-0.1, -0.05) is 12.2 Å². The van der Waals surface area contributed by atoms with E-state index in [-0.39, 0.29) is 0 Å². The third kappa shape index (κ3) is 1.80. The van der Waals surface area contributed by atoms with Gasteiger partial charge in [-0.15, -0.1) is 6.58 Å². The van der Waals surface area contributed by atoms with Crippen LogP contribution in [0.2, 0.25) is 0 Å². The summed E-state index contributed by atoms with van der Waals surface area (Å²) < 4.78 is 0. The predicted octanol–water partition coefficient (Wildman–Crippen LogP) is 1.43. The van der Waals surface area contributed by atoms with E-state index in [1.807, 2.05) is 18.6 Å². The summed E-state index contributed by atoms with van der Waals surface area (Å²) in [5.41, 5.74) is 1.62. The molecule has 0 saturated carbocycles. The van der Waals surface area contributed by atoms with Gasteiger partial charge < -0.3 is 5.32 Å². The number of allylic oxidation sites excluding steroid dienone is 3. The van der Waals surface area contributed by atoms with Crippen molar-refractivity contribution in [2.45, 2.75) is 12.8 Å². The first-order valence-corrected chi connectivity index (χ1v) is 3.51. The molecule has 1 heterocycles. The Kier molecular flexibility index (Phi) is 2.66. The molecule has 11 heavy (non-hydrogen) atoms. The van der Waals surface area contributed by atoms with E-state index >= 15 is 0 Å². The average molecular weight is 148 g/mol. The molecule has 1 aliphatic heterocycles. The van der Waals surface area contributed by atoms with Gasteiger partial charge in [0.25, 0.3) is 0 Å². The normalized spacial score (nSPS) is 16.0. The van der Waals surface area contributed by atoms with Gasteiger partial charge in [-0.05, 0) is 12.6 Å². The molecule has 2 nitrogen and oxygen atoms in total. The van der Waals surface area contributed by atoms with E-state index in [1.54, 1.807) is 6.08 Å². The van der Waals surface area contributed by atoms with Gasteiger partial charge in [0.2, 0.25) is 6.29 Å². The molecule has 57 valence electrons. The fraction of sp³-hybridized carbons (Fsp3) is 0.222. The Bertz CT molecular complexity index is 222. The smallest absolute Gasteiger partial charge is 0.231 e. The molecule has 0 spiro atoms. The molecule has 0 aromatic carbocycles. The number of hydrogen-bond donors (Lipinski definition) is 1. The van der Waals surface area contributed by atoms with Crippen LogP contribution in [0.4, 0.5) is 0 Å². The average Bonchev–Trinajstić information content (AvgIpc) is 2.06. The van der Waals surface area contributed by atoms with E-state index in [1.165, 1.54) is 0 Å². The lowest BCUT2D eigenvalue weighted by Crippen LogP contribution is -2.11. The van der Waals surface area contributed by atoms with Crippen molar-refractivity contribution in [3.05, 3.63) is 36.2 Å². The van der Waals surface area contributed by atoms with Crippen LogP contribution in [-0.4, -0.2) is 6.29 Å². The van der Waals surface area contributed by atoms with Crippen LogP contribution in [0.25, 0.3) is 0 Å². The minimum Gasteiger partial charge on any atom is -0.365 e. The van der Waals surface area contributed by atoms with Gasteiger partial charge >= 0.3 is 0 Å². The summed E-state index contributed by atoms with van der Waals surface area (Å²) in [7, 11) is 0. The van der Waals surface area contributed by atoms with Crippen LogP contribution in [0.5, 0.6) is 0 Å². The van der Waals surface area contributed by atoms with Gasteiger partial charge in [0.15, 0.2) is 0 Å². The molecule has 0 amide bonds. The van der Waals surface area contributed by atoms with E-state index in [0.717, 1.165) is 5.70 Å². The second-order valence-electron chi connectivity index (χ2n) is 2.30. The van der Waals surface area contributed by atoms with Gasteiger partial charge in [-0.3, -0.25) is 4.79 Å². The molecular weight excluding hydrogens is 138 g/mol. The van der Waals surface area contributed by atoms with E-state index in [9.17, 15) is 4.79 Å². The monoisotopic (exact) mass is 148 g/mol. The molecule has 1 N–H and O–H groups in total. The molecule has 0 aliphatic carbocycles. The summed E-state index contributed by atoms with van der Waals surface area (Å²) in [5, 5.41) is 2.99. The molecule has 0 unspecified atom stereocenters. The van der Waals surface area contributed by atoms with Crippen molar-refractivity contribution in [3.63, 3.8) is 0 Å². The fourth-order valence-electron chi connectivity index (χ4n) is 0.976. The van der Waals surface area contributed by atoms with E-state index in [4.69, 9.17) is 0 Å². The molecule has 1 rings (SSSR count). The van der Waals surface area contributed by atoms with Crippen molar-refractivity contribution in [3.8, 4) is 0 Å². The second kappa shape index (κ2) is 3.76. The Morgan fingerprint density at radius 1 is 1.82 bits per heavy atom. The summed E-state index contributed by atoms with van der Waals surface area (Å²) in [6, 6.07) is 0. The number of nitrogens with one attached hydrogen (secondary N) is 1. The number of hydrogen-bond acceptors (Lipinski definition) is 2. The lowest BCUT2D eigenvalue weighted by atomic mass is 10.1. The highest BCUT2D eigenvalue weighted by Crippen LogP contribution is 2.12. The minimum atomic E-state index is 0.680. The molecule has 0 aromatic heterocycles. The Morgan fingerprint density at radius 3 is 3.27 bits per heavy atom. The number of dihydropyridines is 1. The lowest BCUT2D eigenvalue weighted by Gasteiger charge is -2.11. The molecule has 0 aromatic rings. The molecule has 2 heteroatoms. The van der Waals surface area contributed by atoms with E-state index < -0.39 is 0 Å². The molecule has 0 bridgehead atoms. The maximum Gasteiger partial charge on any atom is 0.231 e. The van der Waals surface area contributed by atoms with Crippen molar-refractivity contribution < 1.29 is 4.79 Å². The van der Waals surface area contributed by atoms with Crippen molar-refractivity contribution in [1.82, 2.24) is 5.32 Å². The maximum atomic E-state index is 10.4. The molecule has 0 saturated heterocycles. The highest BCUT2D eigenvalue weighted by atomic mass is 16.1. The van der Waals surface area contributed by atoms with Crippen molar-refractivity contribution in [1.29, 1.82) is 0 Å². The third-order valence-electron chi connectivity index (χ3n) is 1.53. The summed E-state index contributed by atoms with van der Waals surface area (Å²) in [4.78, 5) is 10.4. The predicted molar refractivity (Wildman–Crippen MR) is 44.4 cm³/mol. The first kappa shape index (κ1) is 7.79. The molecule has 1 aliphatic rings. The zero-order valence-corrected chi connectivity index (χ0v) is 6.26. The SMILES string of the molecule is C=CCC1=C([C]=O)CC=CN1. The topological polar surface area (TPSA) is 29.1 Å². The van der Waals surface area contributed by atoms with Crippen molar-refractivity contribution >= 4 is 6.29 Å². The highest BCUT2D eigenvalue weighted by Gasteiger charge is 2.05. The first-order valence-electron chi connectivity index (χ1n) is 3.51. The molecule has 1 radical (unpaired) electrons. The van der Waals surface area contributed by atoms with Crippen LogP contribution in [0.3, 0.4) is 0 Å².